The fraction of sp³-hybridized carbons (Fsp3) is 0.333. The van der Waals surface area contributed by atoms with E-state index in [-0.39, 0.29) is 11.0 Å². The van der Waals surface area contributed by atoms with E-state index in [4.69, 9.17) is 5.73 Å². The molecule has 0 atom stereocenters. The van der Waals surface area contributed by atoms with Gasteiger partial charge in [-0.2, -0.15) is 0 Å². The summed E-state index contributed by atoms with van der Waals surface area (Å²) in [6.45, 7) is 3.37. The predicted molar refractivity (Wildman–Crippen MR) is 70.5 cm³/mol. The molecule has 0 unspecified atom stereocenters. The Balaban J connectivity index is 2.42. The van der Waals surface area contributed by atoms with Gasteiger partial charge in [0, 0.05) is 22.3 Å². The van der Waals surface area contributed by atoms with Gasteiger partial charge in [0.25, 0.3) is 0 Å². The summed E-state index contributed by atoms with van der Waals surface area (Å²) in [5.74, 6) is 0.0266. The molecule has 2 rings (SSSR count). The second-order valence-corrected chi connectivity index (χ2v) is 7.02. The van der Waals surface area contributed by atoms with Gasteiger partial charge >= 0.3 is 0 Å². The minimum absolute atomic E-state index is 0.0266. The molecule has 1 aromatic carbocycles. The first-order valence-electron chi connectivity index (χ1n) is 5.48. The number of H-pyrrole nitrogens is 1. The Hall–Kier alpha value is -1.49. The molecule has 1 aromatic heterocycles. The molecule has 0 bridgehead atoms. The molecule has 4 nitrogen and oxygen atoms in total. The molecule has 5 heteroatoms. The van der Waals surface area contributed by atoms with Crippen molar-refractivity contribution in [2.45, 2.75) is 24.9 Å². The van der Waals surface area contributed by atoms with Gasteiger partial charge in [0.2, 0.25) is 0 Å². The number of benzene rings is 1. The highest BCUT2D eigenvalue weighted by molar-refractivity contribution is 7.91. The Morgan fingerprint density at radius 2 is 2.06 bits per heavy atom. The zero-order valence-electron chi connectivity index (χ0n) is 9.90. The van der Waals surface area contributed by atoms with Crippen LogP contribution in [0.1, 0.15) is 19.5 Å². The summed E-state index contributed by atoms with van der Waals surface area (Å²) in [5.41, 5.74) is 8.04. The highest BCUT2D eigenvalue weighted by atomic mass is 32.2. The zero-order chi connectivity index (χ0) is 12.6. The van der Waals surface area contributed by atoms with Gasteiger partial charge in [-0.3, -0.25) is 0 Å². The molecule has 3 N–H and O–H groups in total. The second-order valence-electron chi connectivity index (χ2n) is 4.46. The standard InChI is InChI=1S/C12H16N2O2S/c1-8(2)17(15,16)7-9-6-10-11(13)4-3-5-12(10)14-9/h3-6,8,14H,7,13H2,1-2H3. The number of hydrogen-bond donors (Lipinski definition) is 2. The van der Waals surface area contributed by atoms with Gasteiger partial charge in [-0.1, -0.05) is 6.07 Å². The molecular weight excluding hydrogens is 236 g/mol. The molecule has 0 fully saturated rings. The van der Waals surface area contributed by atoms with Gasteiger partial charge < -0.3 is 10.7 Å². The first kappa shape index (κ1) is 12.0. The third kappa shape index (κ3) is 2.29. The van der Waals surface area contributed by atoms with Gasteiger partial charge in [0.15, 0.2) is 9.84 Å². The average Bonchev–Trinajstić information content (AvgIpc) is 2.60. The fourth-order valence-electron chi connectivity index (χ4n) is 1.70. The molecule has 1 heterocycles. The predicted octanol–water partition coefficient (Wildman–Crippen LogP) is 2.07. The van der Waals surface area contributed by atoms with Crippen LogP contribution in [0.3, 0.4) is 0 Å². The van der Waals surface area contributed by atoms with Crippen molar-refractivity contribution in [1.29, 1.82) is 0 Å². The number of aromatic nitrogens is 1. The third-order valence-corrected chi connectivity index (χ3v) is 4.98. The van der Waals surface area contributed by atoms with Gasteiger partial charge in [-0.15, -0.1) is 0 Å². The molecule has 0 radical (unpaired) electrons. The fourth-order valence-corrected chi connectivity index (χ4v) is 2.62. The summed E-state index contributed by atoms with van der Waals surface area (Å²) in [6.07, 6.45) is 0. The number of nitrogens with two attached hydrogens (primary N) is 1. The molecule has 2 aromatic rings. The van der Waals surface area contributed by atoms with Crippen LogP contribution in [0.2, 0.25) is 0 Å². The van der Waals surface area contributed by atoms with Crippen LogP contribution in [0, 0.1) is 0 Å². The minimum atomic E-state index is -3.08. The minimum Gasteiger partial charge on any atom is -0.398 e. The van der Waals surface area contributed by atoms with Crippen molar-refractivity contribution < 1.29 is 8.42 Å². The molecular formula is C12H16N2O2S. The number of nitrogen functional groups attached to an aromatic ring is 1. The third-order valence-electron chi connectivity index (χ3n) is 2.83. The van der Waals surface area contributed by atoms with Crippen molar-refractivity contribution in [1.82, 2.24) is 4.98 Å². The largest absolute Gasteiger partial charge is 0.398 e. The average molecular weight is 252 g/mol. The zero-order valence-corrected chi connectivity index (χ0v) is 10.7. The quantitative estimate of drug-likeness (QED) is 0.821. The first-order valence-corrected chi connectivity index (χ1v) is 7.19. The lowest BCUT2D eigenvalue weighted by atomic mass is 10.2. The lowest BCUT2D eigenvalue weighted by molar-refractivity contribution is 0.586. The van der Waals surface area contributed by atoms with Crippen LogP contribution in [0.25, 0.3) is 10.9 Å². The highest BCUT2D eigenvalue weighted by Crippen LogP contribution is 2.23. The molecule has 0 aliphatic heterocycles. The number of nitrogens with one attached hydrogen (secondary N) is 1. The van der Waals surface area contributed by atoms with Crippen molar-refractivity contribution in [3.63, 3.8) is 0 Å². The van der Waals surface area contributed by atoms with Crippen molar-refractivity contribution in [2.75, 3.05) is 5.73 Å². The van der Waals surface area contributed by atoms with E-state index < -0.39 is 9.84 Å². The van der Waals surface area contributed by atoms with Crippen molar-refractivity contribution in [3.8, 4) is 0 Å². The van der Waals surface area contributed by atoms with Crippen LogP contribution in [-0.2, 0) is 15.6 Å². The maximum absolute atomic E-state index is 11.8. The number of sulfone groups is 1. The molecule has 0 spiro atoms. The van der Waals surface area contributed by atoms with Crippen molar-refractivity contribution in [3.05, 3.63) is 30.0 Å². The van der Waals surface area contributed by atoms with Gasteiger partial charge in [-0.05, 0) is 32.0 Å². The Kier molecular flexibility index (Phi) is 2.87. The van der Waals surface area contributed by atoms with Crippen LogP contribution >= 0.6 is 0 Å². The Bertz CT molecular complexity index is 642. The van der Waals surface area contributed by atoms with Gasteiger partial charge in [0.05, 0.1) is 11.0 Å². The Labute approximate surface area is 101 Å². The van der Waals surface area contributed by atoms with E-state index in [0.29, 0.717) is 11.4 Å². The highest BCUT2D eigenvalue weighted by Gasteiger charge is 2.18. The van der Waals surface area contributed by atoms with Crippen molar-refractivity contribution in [2.24, 2.45) is 0 Å². The Morgan fingerprint density at radius 1 is 1.35 bits per heavy atom. The van der Waals surface area contributed by atoms with Crippen LogP contribution in [0.5, 0.6) is 0 Å². The van der Waals surface area contributed by atoms with E-state index in [9.17, 15) is 8.42 Å². The number of hydrogen-bond acceptors (Lipinski definition) is 3. The molecule has 0 amide bonds. The molecule has 17 heavy (non-hydrogen) atoms. The van der Waals surface area contributed by atoms with Crippen molar-refractivity contribution >= 4 is 26.4 Å². The van der Waals surface area contributed by atoms with Crippen LogP contribution in [-0.4, -0.2) is 18.7 Å². The molecule has 0 saturated heterocycles. The van der Waals surface area contributed by atoms with Gasteiger partial charge in [0.1, 0.15) is 0 Å². The lowest BCUT2D eigenvalue weighted by Gasteiger charge is -2.05. The number of aromatic amines is 1. The van der Waals surface area contributed by atoms with Crippen LogP contribution in [0.15, 0.2) is 24.3 Å². The first-order chi connectivity index (χ1) is 7.90. The summed E-state index contributed by atoms with van der Waals surface area (Å²) in [6, 6.07) is 7.34. The normalized spacial score (nSPS) is 12.4. The summed E-state index contributed by atoms with van der Waals surface area (Å²) in [7, 11) is -3.08. The number of fused-ring (bicyclic) bond motifs is 1. The number of rotatable bonds is 3. The summed E-state index contributed by atoms with van der Waals surface area (Å²) in [5, 5.41) is 0.507. The smallest absolute Gasteiger partial charge is 0.158 e. The maximum atomic E-state index is 11.8. The van der Waals surface area contributed by atoms with Crippen LogP contribution in [0.4, 0.5) is 5.69 Å². The second kappa shape index (κ2) is 4.07. The maximum Gasteiger partial charge on any atom is 0.158 e. The molecule has 92 valence electrons. The van der Waals surface area contributed by atoms with Gasteiger partial charge in [-0.25, -0.2) is 8.42 Å². The topological polar surface area (TPSA) is 75.9 Å². The van der Waals surface area contributed by atoms with E-state index in [1.54, 1.807) is 19.9 Å². The van der Waals surface area contributed by atoms with Crippen LogP contribution < -0.4 is 5.73 Å². The lowest BCUT2D eigenvalue weighted by Crippen LogP contribution is -2.16. The van der Waals surface area contributed by atoms with E-state index >= 15 is 0 Å². The molecule has 0 saturated carbocycles. The van der Waals surface area contributed by atoms with E-state index in [1.165, 1.54) is 0 Å². The molecule has 0 aliphatic carbocycles. The SMILES string of the molecule is CC(C)S(=O)(=O)Cc1cc2c(N)cccc2[nH]1. The number of anilines is 1. The monoisotopic (exact) mass is 252 g/mol. The van der Waals surface area contributed by atoms with E-state index in [2.05, 4.69) is 4.98 Å². The van der Waals surface area contributed by atoms with E-state index in [1.807, 2.05) is 18.2 Å². The summed E-state index contributed by atoms with van der Waals surface area (Å²) < 4.78 is 23.6. The summed E-state index contributed by atoms with van der Waals surface area (Å²) >= 11 is 0. The molecule has 0 aliphatic rings. The summed E-state index contributed by atoms with van der Waals surface area (Å²) in [4.78, 5) is 3.09. The van der Waals surface area contributed by atoms with E-state index in [0.717, 1.165) is 10.9 Å². The Morgan fingerprint density at radius 3 is 2.65 bits per heavy atom.